The maximum Gasteiger partial charge on any atom is 0.240 e. The number of carbonyl (C=O) groups excluding carboxylic acids is 1. The van der Waals surface area contributed by atoms with Gasteiger partial charge >= 0.3 is 0 Å². The van der Waals surface area contributed by atoms with Crippen LogP contribution in [0.5, 0.6) is 0 Å². The van der Waals surface area contributed by atoms with Gasteiger partial charge in [-0.05, 0) is 37.1 Å². The Kier molecular flexibility index (Phi) is 4.49. The Labute approximate surface area is 122 Å². The highest BCUT2D eigenvalue weighted by Crippen LogP contribution is 2.18. The van der Waals surface area contributed by atoms with E-state index in [9.17, 15) is 13.2 Å². The van der Waals surface area contributed by atoms with Crippen LogP contribution in [-0.4, -0.2) is 36.8 Å². The molecule has 1 aliphatic heterocycles. The summed E-state index contributed by atoms with van der Waals surface area (Å²) in [5.74, 6) is -0.441. The number of anilines is 1. The maximum absolute atomic E-state index is 12.0. The summed E-state index contributed by atoms with van der Waals surface area (Å²) < 4.78 is 24.0. The van der Waals surface area contributed by atoms with Gasteiger partial charge in [-0.2, -0.15) is 0 Å². The van der Waals surface area contributed by atoms with Crippen LogP contribution in [0, 0.1) is 13.8 Å². The van der Waals surface area contributed by atoms with Gasteiger partial charge in [0.05, 0.1) is 6.54 Å². The van der Waals surface area contributed by atoms with E-state index >= 15 is 0 Å². The zero-order valence-electron chi connectivity index (χ0n) is 11.3. The first-order valence-electron chi connectivity index (χ1n) is 6.15. The van der Waals surface area contributed by atoms with Crippen LogP contribution in [0.2, 0.25) is 0 Å². The van der Waals surface area contributed by atoms with Crippen molar-refractivity contribution in [1.82, 2.24) is 0 Å². The standard InChI is InChI=1S/C13H16N2O3S2/c1-9-5-10(2)7-11(6-9)15-12(16)8-20(17,18)13-14-3-4-19-13/h5-7H,3-4,8H2,1-2H3,(H,15,16). The first-order valence-corrected chi connectivity index (χ1v) is 8.79. The van der Waals surface area contributed by atoms with Gasteiger partial charge in [-0.15, -0.1) is 0 Å². The molecule has 0 aromatic heterocycles. The number of carbonyl (C=O) groups is 1. The summed E-state index contributed by atoms with van der Waals surface area (Å²) in [6.07, 6.45) is 0. The van der Waals surface area contributed by atoms with Crippen molar-refractivity contribution < 1.29 is 13.2 Å². The molecule has 2 rings (SSSR count). The Morgan fingerprint density at radius 1 is 1.30 bits per heavy atom. The highest BCUT2D eigenvalue weighted by molar-refractivity contribution is 8.35. The molecule has 1 heterocycles. The van der Waals surface area contributed by atoms with Crippen molar-refractivity contribution in [2.75, 3.05) is 23.4 Å². The first kappa shape index (κ1) is 15.1. The largest absolute Gasteiger partial charge is 0.325 e. The van der Waals surface area contributed by atoms with Gasteiger partial charge in [-0.1, -0.05) is 17.8 Å². The van der Waals surface area contributed by atoms with Crippen molar-refractivity contribution in [3.63, 3.8) is 0 Å². The van der Waals surface area contributed by atoms with Crippen LogP contribution in [0.4, 0.5) is 5.69 Å². The van der Waals surface area contributed by atoms with Crippen molar-refractivity contribution in [3.8, 4) is 0 Å². The Balaban J connectivity index is 2.05. The number of hydrogen-bond donors (Lipinski definition) is 1. The van der Waals surface area contributed by atoms with Gasteiger partial charge in [-0.3, -0.25) is 9.79 Å². The normalized spacial score (nSPS) is 15.0. The van der Waals surface area contributed by atoms with Crippen LogP contribution >= 0.6 is 11.8 Å². The summed E-state index contributed by atoms with van der Waals surface area (Å²) in [5, 5.41) is 2.62. The highest BCUT2D eigenvalue weighted by Gasteiger charge is 2.26. The van der Waals surface area contributed by atoms with Gasteiger partial charge in [0.15, 0.2) is 4.38 Å². The van der Waals surface area contributed by atoms with Crippen LogP contribution in [0.3, 0.4) is 0 Å². The van der Waals surface area contributed by atoms with Gasteiger partial charge in [0.25, 0.3) is 0 Å². The summed E-state index contributed by atoms with van der Waals surface area (Å²) in [7, 11) is -3.60. The minimum Gasteiger partial charge on any atom is -0.325 e. The molecule has 0 saturated carbocycles. The number of benzene rings is 1. The number of rotatable bonds is 3. The molecule has 0 fully saturated rings. The summed E-state index contributed by atoms with van der Waals surface area (Å²) >= 11 is 1.18. The van der Waals surface area contributed by atoms with Crippen LogP contribution in [0.25, 0.3) is 0 Å². The summed E-state index contributed by atoms with van der Waals surface area (Å²) in [5.41, 5.74) is 2.64. The summed E-state index contributed by atoms with van der Waals surface area (Å²) in [6, 6.07) is 5.59. The van der Waals surface area contributed by atoms with Gasteiger partial charge < -0.3 is 5.32 Å². The molecule has 0 spiro atoms. The average Bonchev–Trinajstić information content (AvgIpc) is 2.79. The van der Waals surface area contributed by atoms with Crippen molar-refractivity contribution in [3.05, 3.63) is 29.3 Å². The molecule has 1 aromatic rings. The molecule has 0 bridgehead atoms. The molecule has 1 aromatic carbocycles. The number of sulfone groups is 1. The topological polar surface area (TPSA) is 75.6 Å². The van der Waals surface area contributed by atoms with Gasteiger partial charge in [0, 0.05) is 11.4 Å². The second-order valence-electron chi connectivity index (χ2n) is 4.68. The van der Waals surface area contributed by atoms with Crippen molar-refractivity contribution in [1.29, 1.82) is 0 Å². The molecule has 1 aliphatic rings. The molecule has 1 N–H and O–H groups in total. The molecule has 5 nitrogen and oxygen atoms in total. The number of aryl methyl sites for hydroxylation is 2. The van der Waals surface area contributed by atoms with Crippen LogP contribution in [0.1, 0.15) is 11.1 Å². The second-order valence-corrected chi connectivity index (χ2v) is 7.93. The molecular formula is C13H16N2O3S2. The average molecular weight is 312 g/mol. The molecule has 0 atom stereocenters. The molecule has 1 amide bonds. The number of aliphatic imine (C=N–C) groups is 1. The molecule has 0 saturated heterocycles. The minimum atomic E-state index is -3.60. The highest BCUT2D eigenvalue weighted by atomic mass is 32.3. The van der Waals surface area contributed by atoms with E-state index in [0.29, 0.717) is 18.0 Å². The van der Waals surface area contributed by atoms with E-state index in [2.05, 4.69) is 10.3 Å². The maximum atomic E-state index is 12.0. The molecule has 0 unspecified atom stereocenters. The lowest BCUT2D eigenvalue weighted by Gasteiger charge is -2.08. The van der Waals surface area contributed by atoms with Crippen LogP contribution in [-0.2, 0) is 14.6 Å². The fraction of sp³-hybridized carbons (Fsp3) is 0.385. The Morgan fingerprint density at radius 2 is 1.95 bits per heavy atom. The first-order chi connectivity index (χ1) is 9.37. The van der Waals surface area contributed by atoms with E-state index in [0.717, 1.165) is 11.1 Å². The predicted molar refractivity (Wildman–Crippen MR) is 83.1 cm³/mol. The van der Waals surface area contributed by atoms with Crippen molar-refractivity contribution in [2.24, 2.45) is 4.99 Å². The SMILES string of the molecule is Cc1cc(C)cc(NC(=O)CS(=O)(=O)C2=NCCS2)c1. The summed E-state index contributed by atoms with van der Waals surface area (Å²) in [4.78, 5) is 15.8. The molecule has 0 aliphatic carbocycles. The van der Waals surface area contributed by atoms with Crippen molar-refractivity contribution in [2.45, 2.75) is 13.8 Å². The minimum absolute atomic E-state index is 0.0769. The van der Waals surface area contributed by atoms with E-state index in [1.807, 2.05) is 19.9 Å². The second kappa shape index (κ2) is 5.97. The lowest BCUT2D eigenvalue weighted by molar-refractivity contribution is -0.113. The zero-order chi connectivity index (χ0) is 14.8. The smallest absolute Gasteiger partial charge is 0.240 e. The molecule has 0 radical (unpaired) electrons. The number of nitrogens with one attached hydrogen (secondary N) is 1. The number of amides is 1. The van der Waals surface area contributed by atoms with E-state index in [1.54, 1.807) is 12.1 Å². The van der Waals surface area contributed by atoms with Gasteiger partial charge in [-0.25, -0.2) is 8.42 Å². The fourth-order valence-electron chi connectivity index (χ4n) is 1.98. The zero-order valence-corrected chi connectivity index (χ0v) is 13.0. The lowest BCUT2D eigenvalue weighted by atomic mass is 10.1. The molecular weight excluding hydrogens is 296 g/mol. The van der Waals surface area contributed by atoms with Gasteiger partial charge in [0.1, 0.15) is 5.75 Å². The molecule has 20 heavy (non-hydrogen) atoms. The quantitative estimate of drug-likeness (QED) is 0.923. The number of hydrogen-bond acceptors (Lipinski definition) is 5. The molecule has 108 valence electrons. The third-order valence-corrected chi connectivity index (χ3v) is 5.83. The lowest BCUT2D eigenvalue weighted by Crippen LogP contribution is -2.26. The predicted octanol–water partition coefficient (Wildman–Crippen LogP) is 1.76. The Morgan fingerprint density at radius 3 is 2.50 bits per heavy atom. The number of thioether (sulfide) groups is 1. The monoisotopic (exact) mass is 312 g/mol. The van der Waals surface area contributed by atoms with E-state index in [1.165, 1.54) is 11.8 Å². The van der Waals surface area contributed by atoms with E-state index in [-0.39, 0.29) is 4.38 Å². The number of nitrogens with zero attached hydrogens (tertiary/aromatic N) is 1. The summed E-state index contributed by atoms with van der Waals surface area (Å²) in [6.45, 7) is 4.34. The third kappa shape index (κ3) is 3.83. The Hall–Kier alpha value is -1.34. The fourth-order valence-corrected chi connectivity index (χ4v) is 4.50. The Bertz CT molecular complexity index is 646. The van der Waals surface area contributed by atoms with Crippen LogP contribution < -0.4 is 5.32 Å². The van der Waals surface area contributed by atoms with Crippen molar-refractivity contribution >= 4 is 37.6 Å². The van der Waals surface area contributed by atoms with E-state index in [4.69, 9.17) is 0 Å². The molecule has 7 heteroatoms. The van der Waals surface area contributed by atoms with Crippen LogP contribution in [0.15, 0.2) is 23.2 Å². The van der Waals surface area contributed by atoms with E-state index < -0.39 is 21.5 Å². The third-order valence-electron chi connectivity index (χ3n) is 2.65. The van der Waals surface area contributed by atoms with Gasteiger partial charge in [0.2, 0.25) is 15.7 Å².